The molecule has 0 aliphatic carbocycles. The third-order valence-corrected chi connectivity index (χ3v) is 3.97. The number of hydrogen-bond donors (Lipinski definition) is 2. The van der Waals surface area contributed by atoms with Gasteiger partial charge in [-0.05, 0) is 50.5 Å². The summed E-state index contributed by atoms with van der Waals surface area (Å²) in [4.78, 5) is 14.3. The summed E-state index contributed by atoms with van der Waals surface area (Å²) < 4.78 is 0. The first-order chi connectivity index (χ1) is 9.78. The Hall–Kier alpha value is -1.55. The summed E-state index contributed by atoms with van der Waals surface area (Å²) in [6, 6.07) is 9.82. The van der Waals surface area contributed by atoms with Crippen molar-refractivity contribution in [3.8, 4) is 0 Å². The van der Waals surface area contributed by atoms with Gasteiger partial charge in [0.05, 0.1) is 6.54 Å². The number of hydrogen-bond acceptors (Lipinski definition) is 3. The molecule has 0 bridgehead atoms. The zero-order valence-corrected chi connectivity index (χ0v) is 12.3. The van der Waals surface area contributed by atoms with Crippen LogP contribution in [0.4, 0.5) is 5.69 Å². The van der Waals surface area contributed by atoms with Crippen LogP contribution in [0, 0.1) is 5.92 Å². The molecule has 1 aromatic carbocycles. The number of nitrogens with zero attached hydrogens (tertiary/aromatic N) is 1. The molecule has 0 radical (unpaired) electrons. The molecular weight excluding hydrogens is 250 g/mol. The first kappa shape index (κ1) is 14.9. The average Bonchev–Trinajstić information content (AvgIpc) is 2.52. The molecule has 1 aliphatic rings. The fraction of sp³-hybridized carbons (Fsp3) is 0.562. The lowest BCUT2D eigenvalue weighted by atomic mass is 9.97. The highest BCUT2D eigenvalue weighted by atomic mass is 16.1. The molecule has 1 aromatic rings. The smallest absolute Gasteiger partial charge is 0.239 e. The molecule has 0 unspecified atom stereocenters. The molecule has 2 N–H and O–H groups in total. The normalized spacial score (nSPS) is 16.9. The number of piperidine rings is 1. The summed E-state index contributed by atoms with van der Waals surface area (Å²) in [5.74, 6) is 0.713. The number of carbonyl (C=O) groups excluding carboxylic acids is 1. The fourth-order valence-corrected chi connectivity index (χ4v) is 2.57. The van der Waals surface area contributed by atoms with E-state index in [0.717, 1.165) is 18.8 Å². The van der Waals surface area contributed by atoms with Crippen LogP contribution in [-0.4, -0.2) is 43.5 Å². The topological polar surface area (TPSA) is 44.4 Å². The largest absolute Gasteiger partial charge is 0.376 e. The van der Waals surface area contributed by atoms with E-state index in [1.54, 1.807) is 0 Å². The van der Waals surface area contributed by atoms with E-state index in [4.69, 9.17) is 0 Å². The van der Waals surface area contributed by atoms with Crippen molar-refractivity contribution >= 4 is 11.6 Å². The van der Waals surface area contributed by atoms with Gasteiger partial charge < -0.3 is 15.5 Å². The Morgan fingerprint density at radius 3 is 2.60 bits per heavy atom. The molecule has 0 saturated carbocycles. The number of para-hydroxylation sites is 1. The van der Waals surface area contributed by atoms with Gasteiger partial charge in [0.15, 0.2) is 0 Å². The highest BCUT2D eigenvalue weighted by Crippen LogP contribution is 2.15. The standard InChI is InChI=1S/C16H25N3O/c1-2-19-10-8-14(9-11-19)12-18-16(20)13-17-15-6-4-3-5-7-15/h3-7,14,17H,2,8-13H2,1H3,(H,18,20). The van der Waals surface area contributed by atoms with Crippen molar-refractivity contribution in [1.29, 1.82) is 0 Å². The second-order valence-corrected chi connectivity index (χ2v) is 5.40. The van der Waals surface area contributed by atoms with Crippen molar-refractivity contribution in [3.05, 3.63) is 30.3 Å². The molecular formula is C16H25N3O. The number of carbonyl (C=O) groups is 1. The lowest BCUT2D eigenvalue weighted by Gasteiger charge is -2.31. The highest BCUT2D eigenvalue weighted by molar-refractivity contribution is 5.80. The van der Waals surface area contributed by atoms with Gasteiger partial charge in [0, 0.05) is 12.2 Å². The number of amides is 1. The van der Waals surface area contributed by atoms with Gasteiger partial charge in [0.25, 0.3) is 0 Å². The Bertz CT molecular complexity index is 399. The first-order valence-electron chi connectivity index (χ1n) is 7.56. The molecule has 4 heteroatoms. The monoisotopic (exact) mass is 275 g/mol. The van der Waals surface area contributed by atoms with Crippen molar-refractivity contribution < 1.29 is 4.79 Å². The zero-order valence-electron chi connectivity index (χ0n) is 12.3. The van der Waals surface area contributed by atoms with E-state index in [1.807, 2.05) is 30.3 Å². The van der Waals surface area contributed by atoms with Gasteiger partial charge in [-0.25, -0.2) is 0 Å². The van der Waals surface area contributed by atoms with E-state index in [9.17, 15) is 4.79 Å². The van der Waals surface area contributed by atoms with Crippen molar-refractivity contribution in [2.24, 2.45) is 5.92 Å². The second kappa shape index (κ2) is 7.90. The van der Waals surface area contributed by atoms with Crippen LogP contribution < -0.4 is 10.6 Å². The summed E-state index contributed by atoms with van der Waals surface area (Å²) in [5.41, 5.74) is 0.985. The molecule has 20 heavy (non-hydrogen) atoms. The molecule has 110 valence electrons. The Morgan fingerprint density at radius 1 is 1.25 bits per heavy atom. The van der Waals surface area contributed by atoms with Crippen LogP contribution in [0.2, 0.25) is 0 Å². The molecule has 2 rings (SSSR count). The van der Waals surface area contributed by atoms with Crippen LogP contribution in [0.5, 0.6) is 0 Å². The first-order valence-corrected chi connectivity index (χ1v) is 7.56. The minimum absolute atomic E-state index is 0.0757. The third kappa shape index (κ3) is 4.85. The number of nitrogens with one attached hydrogen (secondary N) is 2. The maximum absolute atomic E-state index is 11.8. The lowest BCUT2D eigenvalue weighted by molar-refractivity contribution is -0.119. The molecule has 1 saturated heterocycles. The number of benzene rings is 1. The molecule has 1 aliphatic heterocycles. The molecule has 0 spiro atoms. The van der Waals surface area contributed by atoms with Crippen molar-refractivity contribution in [3.63, 3.8) is 0 Å². The summed E-state index contributed by atoms with van der Waals surface area (Å²) in [6.07, 6.45) is 2.39. The Kier molecular flexibility index (Phi) is 5.87. The molecule has 1 fully saturated rings. The Balaban J connectivity index is 1.61. The number of anilines is 1. The molecule has 1 amide bonds. The van der Waals surface area contributed by atoms with E-state index in [-0.39, 0.29) is 5.91 Å². The van der Waals surface area contributed by atoms with E-state index in [1.165, 1.54) is 25.9 Å². The molecule has 0 aromatic heterocycles. The predicted molar refractivity (Wildman–Crippen MR) is 82.8 cm³/mol. The van der Waals surface area contributed by atoms with Crippen LogP contribution in [-0.2, 0) is 4.79 Å². The van der Waals surface area contributed by atoms with Crippen LogP contribution in [0.1, 0.15) is 19.8 Å². The van der Waals surface area contributed by atoms with Gasteiger partial charge in [0.1, 0.15) is 0 Å². The van der Waals surface area contributed by atoms with Gasteiger partial charge >= 0.3 is 0 Å². The Labute approximate surface area is 121 Å². The van der Waals surface area contributed by atoms with Gasteiger partial charge in [-0.2, -0.15) is 0 Å². The SMILES string of the molecule is CCN1CCC(CNC(=O)CNc2ccccc2)CC1. The van der Waals surface area contributed by atoms with Crippen molar-refractivity contribution in [2.45, 2.75) is 19.8 Å². The third-order valence-electron chi connectivity index (χ3n) is 3.97. The van der Waals surface area contributed by atoms with Crippen LogP contribution >= 0.6 is 0 Å². The summed E-state index contributed by atoms with van der Waals surface area (Å²) in [7, 11) is 0. The van der Waals surface area contributed by atoms with E-state index < -0.39 is 0 Å². The average molecular weight is 275 g/mol. The summed E-state index contributed by atoms with van der Waals surface area (Å²) >= 11 is 0. The summed E-state index contributed by atoms with van der Waals surface area (Å²) in [5, 5.41) is 6.16. The van der Waals surface area contributed by atoms with E-state index in [2.05, 4.69) is 22.5 Å². The van der Waals surface area contributed by atoms with Crippen molar-refractivity contribution in [1.82, 2.24) is 10.2 Å². The lowest BCUT2D eigenvalue weighted by Crippen LogP contribution is -2.39. The highest BCUT2D eigenvalue weighted by Gasteiger charge is 2.18. The zero-order chi connectivity index (χ0) is 14.2. The molecule has 4 nitrogen and oxygen atoms in total. The van der Waals surface area contributed by atoms with E-state index >= 15 is 0 Å². The number of likely N-dealkylation sites (tertiary alicyclic amines) is 1. The van der Waals surface area contributed by atoms with Crippen molar-refractivity contribution in [2.75, 3.05) is 38.0 Å². The minimum Gasteiger partial charge on any atom is -0.376 e. The summed E-state index contributed by atoms with van der Waals surface area (Å²) in [6.45, 7) is 6.83. The maximum atomic E-state index is 11.8. The number of rotatable bonds is 6. The van der Waals surface area contributed by atoms with E-state index in [0.29, 0.717) is 12.5 Å². The quantitative estimate of drug-likeness (QED) is 0.834. The van der Waals surface area contributed by atoms with Gasteiger partial charge in [0.2, 0.25) is 5.91 Å². The van der Waals surface area contributed by atoms with Gasteiger partial charge in [-0.3, -0.25) is 4.79 Å². The maximum Gasteiger partial charge on any atom is 0.239 e. The van der Waals surface area contributed by atoms with Gasteiger partial charge in [-0.15, -0.1) is 0 Å². The second-order valence-electron chi connectivity index (χ2n) is 5.40. The fourth-order valence-electron chi connectivity index (χ4n) is 2.57. The molecule has 0 atom stereocenters. The van der Waals surface area contributed by atoms with Crippen LogP contribution in [0.3, 0.4) is 0 Å². The van der Waals surface area contributed by atoms with Gasteiger partial charge in [-0.1, -0.05) is 25.1 Å². The van der Waals surface area contributed by atoms with Crippen LogP contribution in [0.25, 0.3) is 0 Å². The van der Waals surface area contributed by atoms with Crippen LogP contribution in [0.15, 0.2) is 30.3 Å². The Morgan fingerprint density at radius 2 is 1.95 bits per heavy atom. The molecule has 1 heterocycles. The minimum atomic E-state index is 0.0757. The predicted octanol–water partition coefficient (Wildman–Crippen LogP) is 1.95.